The van der Waals surface area contributed by atoms with Gasteiger partial charge >= 0.3 is 0 Å². The maximum absolute atomic E-state index is 9.83. The molecule has 44 heavy (non-hydrogen) atoms. The minimum Gasteiger partial charge on any atom is -0.0616 e. The van der Waals surface area contributed by atoms with E-state index in [0.29, 0.717) is 0 Å². The van der Waals surface area contributed by atoms with Crippen molar-refractivity contribution in [1.82, 2.24) is 0 Å². The molecule has 0 aliphatic carbocycles. The first-order chi connectivity index (χ1) is 33.5. The average molecular weight is 585 g/mol. The van der Waals surface area contributed by atoms with Crippen molar-refractivity contribution in [1.29, 1.82) is 0 Å². The van der Waals surface area contributed by atoms with Crippen molar-refractivity contribution in [2.75, 3.05) is 0 Å². The van der Waals surface area contributed by atoms with E-state index >= 15 is 0 Å². The van der Waals surface area contributed by atoms with Gasteiger partial charge in [0.2, 0.25) is 0 Å². The van der Waals surface area contributed by atoms with E-state index in [-0.39, 0.29) is 0 Å². The first-order valence-electron chi connectivity index (χ1n) is 27.0. The molecule has 9 aromatic rings. The summed E-state index contributed by atoms with van der Waals surface area (Å²) in [6.45, 7) is 0. The van der Waals surface area contributed by atoms with Crippen molar-refractivity contribution in [2.45, 2.75) is 0 Å². The summed E-state index contributed by atoms with van der Waals surface area (Å²) in [5.74, 6) is 0. The summed E-state index contributed by atoms with van der Waals surface area (Å²) in [6.07, 6.45) is 0. The van der Waals surface area contributed by atoms with Crippen LogP contribution in [-0.2, 0) is 0 Å². The molecule has 0 fully saturated rings. The van der Waals surface area contributed by atoms with Gasteiger partial charge in [0.05, 0.1) is 38.4 Å². The zero-order valence-electron chi connectivity index (χ0n) is 50.0. The van der Waals surface area contributed by atoms with Crippen molar-refractivity contribution in [3.8, 4) is 33.4 Å². The summed E-state index contributed by atoms with van der Waals surface area (Å²) in [5.41, 5.74) is -4.90. The third-order valence-corrected chi connectivity index (χ3v) is 7.12. The lowest BCUT2D eigenvalue weighted by Gasteiger charge is -2.19. The monoisotopic (exact) mass is 584 g/mol. The highest BCUT2D eigenvalue weighted by molar-refractivity contribution is 6.23. The molecule has 0 heterocycles. The van der Waals surface area contributed by atoms with Gasteiger partial charge in [-0.1, -0.05) is 157 Å². The predicted octanol–water partition coefficient (Wildman–Crippen LogP) is 12.5. The molecule has 0 aromatic heterocycles. The van der Waals surface area contributed by atoms with Crippen molar-refractivity contribution in [3.63, 3.8) is 0 Å². The maximum atomic E-state index is 9.83. The third-order valence-electron chi connectivity index (χ3n) is 7.12. The lowest BCUT2D eigenvalue weighted by molar-refractivity contribution is 1.63. The van der Waals surface area contributed by atoms with Crippen LogP contribution in [0.1, 0.15) is 38.4 Å². The molecule has 0 heteroatoms. The Hall–Kier alpha value is -5.72. The second-order valence-corrected chi connectivity index (χ2v) is 9.50. The molecule has 0 saturated heterocycles. The lowest BCUT2D eigenvalue weighted by atomic mass is 9.84. The van der Waals surface area contributed by atoms with Gasteiger partial charge in [-0.2, -0.15) is 0 Å². The molecule has 0 unspecified atom stereocenters. The molecule has 0 spiro atoms. The van der Waals surface area contributed by atoms with Gasteiger partial charge in [0, 0.05) is 0 Å². The Morgan fingerprint density at radius 2 is 0.750 bits per heavy atom. The molecule has 0 amide bonds. The van der Waals surface area contributed by atoms with E-state index in [1.54, 1.807) is 0 Å². The molecule has 0 saturated carbocycles. The highest BCUT2D eigenvalue weighted by Gasteiger charge is 2.18. The fourth-order valence-corrected chi connectivity index (χ4v) is 5.25. The zero-order valence-corrected chi connectivity index (χ0v) is 22.0. The molecule has 9 rings (SSSR count). The van der Waals surface area contributed by atoms with Crippen LogP contribution in [0.4, 0.5) is 0 Å². The Morgan fingerprint density at radius 3 is 1.48 bits per heavy atom. The molecular weight excluding hydrogens is 528 g/mol. The molecular formula is C44H28. The van der Waals surface area contributed by atoms with Crippen LogP contribution in [0, 0.1) is 0 Å². The number of benzene rings is 9. The second kappa shape index (κ2) is 9.93. The van der Waals surface area contributed by atoms with Gasteiger partial charge in [-0.3, -0.25) is 0 Å². The van der Waals surface area contributed by atoms with Gasteiger partial charge < -0.3 is 0 Å². The summed E-state index contributed by atoms with van der Waals surface area (Å²) in [5, 5.41) is -6.55. The number of hydrogen-bond acceptors (Lipinski definition) is 0. The van der Waals surface area contributed by atoms with Crippen molar-refractivity contribution >= 4 is 53.9 Å². The Morgan fingerprint density at radius 1 is 0.273 bits per heavy atom. The van der Waals surface area contributed by atoms with Crippen LogP contribution in [0.5, 0.6) is 0 Å². The molecule has 0 radical (unpaired) electrons. The molecule has 0 atom stereocenters. The van der Waals surface area contributed by atoms with Crippen molar-refractivity contribution in [2.24, 2.45) is 0 Å². The summed E-state index contributed by atoms with van der Waals surface area (Å²) in [4.78, 5) is 0. The van der Waals surface area contributed by atoms with E-state index in [4.69, 9.17) is 24.7 Å². The van der Waals surface area contributed by atoms with E-state index in [1.165, 1.54) is 0 Å². The lowest BCUT2D eigenvalue weighted by Crippen LogP contribution is -1.92. The second-order valence-electron chi connectivity index (χ2n) is 9.50. The summed E-state index contributed by atoms with van der Waals surface area (Å²) < 4.78 is 251. The quantitative estimate of drug-likeness (QED) is 0.143. The van der Waals surface area contributed by atoms with E-state index in [2.05, 4.69) is 0 Å². The van der Waals surface area contributed by atoms with Crippen LogP contribution < -0.4 is 0 Å². The Labute approximate surface area is 295 Å². The van der Waals surface area contributed by atoms with Gasteiger partial charge in [0.1, 0.15) is 0 Å². The SMILES string of the molecule is [2H]c1c([2H])c(-c2c([2H])c([2H])c3c(c2[2H])c([2H])c([2H])c2c([2H])c([2H])c([2H])c([2H])c23)c([2H])c(-c2c3c([2H])c([2H])c([2H])c([2H])c3c(-c3c([2H])c([2H])c([2H])c4c([2H])c([2H])c([2H])c([2H])c34)c3c([2H])c([2H])c([2H])c([2H])c23)c1[2H]. The Bertz CT molecular complexity index is 4030. The number of hydrogen-bond donors (Lipinski definition) is 0. The Balaban J connectivity index is 1.59. The molecule has 0 nitrogen and oxygen atoms in total. The fraction of sp³-hybridized carbons (Fsp3) is 0. The standard InChI is InChI=1S/C44H28/c1-4-17-36-29(11-1)13-10-22-38(36)44-41-20-7-5-18-39(41)43(40-19-6-8-21-42(40)44)34-15-9-14-31(28-34)32-25-26-37-33(27-32)24-23-30-12-2-3-16-35(30)37/h1-28H/i1D,2D,3D,4D,5D,6D,7D,8D,9D,10D,11D,12D,13D,14D,15D,16D,17D,18D,19D,20D,21D,22D,23D,24D,25D,26D,27D,28D. The maximum Gasteiger partial charge on any atom is 0.0636 e. The van der Waals surface area contributed by atoms with Crippen LogP contribution in [0.2, 0.25) is 0 Å². The number of fused-ring (bicyclic) bond motifs is 6. The van der Waals surface area contributed by atoms with Crippen LogP contribution in [0.15, 0.2) is 169 Å². The summed E-state index contributed by atoms with van der Waals surface area (Å²) in [6, 6.07) is -26.5. The van der Waals surface area contributed by atoms with Crippen LogP contribution in [0.25, 0.3) is 87.2 Å². The highest BCUT2D eigenvalue weighted by atomic mass is 14.2. The van der Waals surface area contributed by atoms with Gasteiger partial charge in [-0.15, -0.1) is 0 Å². The normalized spacial score (nSPS) is 20.5. The predicted molar refractivity (Wildman–Crippen MR) is 190 cm³/mol. The summed E-state index contributed by atoms with van der Waals surface area (Å²) >= 11 is 0. The number of rotatable bonds is 3. The first kappa shape index (κ1) is 9.64. The van der Waals surface area contributed by atoms with Gasteiger partial charge in [-0.05, 0) is 99.3 Å². The minimum atomic E-state index is -1.11. The van der Waals surface area contributed by atoms with Crippen molar-refractivity contribution in [3.05, 3.63) is 169 Å². The van der Waals surface area contributed by atoms with Crippen LogP contribution in [-0.4, -0.2) is 0 Å². The Kier molecular flexibility index (Phi) is 2.18. The molecule has 204 valence electrons. The smallest absolute Gasteiger partial charge is 0.0616 e. The van der Waals surface area contributed by atoms with E-state index < -0.39 is 256 Å². The third kappa shape index (κ3) is 3.85. The van der Waals surface area contributed by atoms with Gasteiger partial charge in [-0.25, -0.2) is 0 Å². The zero-order chi connectivity index (χ0) is 53.4. The van der Waals surface area contributed by atoms with Gasteiger partial charge in [0.25, 0.3) is 0 Å². The molecule has 0 N–H and O–H groups in total. The van der Waals surface area contributed by atoms with Crippen molar-refractivity contribution < 1.29 is 38.4 Å². The van der Waals surface area contributed by atoms with E-state index in [9.17, 15) is 13.7 Å². The molecule has 0 aliphatic heterocycles. The largest absolute Gasteiger partial charge is 0.0636 e. The fourth-order valence-electron chi connectivity index (χ4n) is 5.25. The minimum absolute atomic E-state index is 0.494. The average Bonchev–Trinajstić information content (AvgIpc) is 3.34. The topological polar surface area (TPSA) is 0 Å². The molecule has 0 bridgehead atoms. The summed E-state index contributed by atoms with van der Waals surface area (Å²) in [7, 11) is 0. The van der Waals surface area contributed by atoms with E-state index in [0.717, 1.165) is 0 Å². The molecule has 9 aromatic carbocycles. The van der Waals surface area contributed by atoms with Crippen LogP contribution >= 0.6 is 0 Å². The van der Waals surface area contributed by atoms with Crippen LogP contribution in [0.3, 0.4) is 0 Å². The highest BCUT2D eigenvalue weighted by Crippen LogP contribution is 2.45. The van der Waals surface area contributed by atoms with Gasteiger partial charge in [0.15, 0.2) is 0 Å². The first-order valence-corrected chi connectivity index (χ1v) is 13.0. The van der Waals surface area contributed by atoms with E-state index in [1.807, 2.05) is 0 Å². The molecule has 0 aliphatic rings.